The number of amides is 2. The summed E-state index contributed by atoms with van der Waals surface area (Å²) in [5, 5.41) is 7.02. The van der Waals surface area contributed by atoms with Gasteiger partial charge in [-0.3, -0.25) is 0 Å². The molecule has 28 heavy (non-hydrogen) atoms. The number of nitrogens with one attached hydrogen (secondary N) is 1. The molecule has 3 rings (SSSR count). The Balaban J connectivity index is 1.59. The summed E-state index contributed by atoms with van der Waals surface area (Å²) >= 11 is 0. The van der Waals surface area contributed by atoms with Gasteiger partial charge in [0.05, 0.1) is 6.61 Å². The van der Waals surface area contributed by atoms with Crippen LogP contribution in [0.2, 0.25) is 0 Å². The predicted octanol–water partition coefficient (Wildman–Crippen LogP) is 3.87. The van der Waals surface area contributed by atoms with E-state index in [0.717, 1.165) is 19.3 Å². The molecule has 0 spiro atoms. The Kier molecular flexibility index (Phi) is 6.16. The summed E-state index contributed by atoms with van der Waals surface area (Å²) in [6, 6.07) is 5.52. The van der Waals surface area contributed by atoms with Gasteiger partial charge in [0.25, 0.3) is 0 Å². The zero-order valence-electron chi connectivity index (χ0n) is 16.6. The quantitative estimate of drug-likeness (QED) is 0.838. The highest BCUT2D eigenvalue weighted by Crippen LogP contribution is 2.30. The number of urea groups is 1. The van der Waals surface area contributed by atoms with E-state index < -0.39 is 0 Å². The van der Waals surface area contributed by atoms with Crippen molar-refractivity contribution in [1.29, 1.82) is 0 Å². The highest BCUT2D eigenvalue weighted by Gasteiger charge is 2.33. The number of likely N-dealkylation sites (tertiary alicyclic amines) is 1. The van der Waals surface area contributed by atoms with E-state index in [1.807, 2.05) is 20.8 Å². The third-order valence-corrected chi connectivity index (χ3v) is 4.42. The van der Waals surface area contributed by atoms with E-state index in [0.29, 0.717) is 37.0 Å². The van der Waals surface area contributed by atoms with Crippen molar-refractivity contribution in [2.45, 2.75) is 58.0 Å². The standard InChI is InChI=1S/C20H27FN4O3/c1-20(2,3)23-19(26)25-12-5-4-6-16(25)18-22-17(24-28-18)11-13-27-15-9-7-14(21)8-10-15/h7-10,16H,4-6,11-13H2,1-3H3,(H,23,26). The van der Waals surface area contributed by atoms with E-state index in [-0.39, 0.29) is 23.4 Å². The molecule has 1 aliphatic rings. The Morgan fingerprint density at radius 1 is 1.32 bits per heavy atom. The smallest absolute Gasteiger partial charge is 0.318 e. The fourth-order valence-corrected chi connectivity index (χ4v) is 3.12. The Bertz CT molecular complexity index is 785. The lowest BCUT2D eigenvalue weighted by molar-refractivity contribution is 0.126. The van der Waals surface area contributed by atoms with Crippen LogP contribution in [-0.2, 0) is 6.42 Å². The number of aromatic nitrogens is 2. The largest absolute Gasteiger partial charge is 0.493 e. The lowest BCUT2D eigenvalue weighted by Gasteiger charge is -2.35. The zero-order chi connectivity index (χ0) is 20.1. The van der Waals surface area contributed by atoms with Crippen LogP contribution in [0.5, 0.6) is 5.75 Å². The fourth-order valence-electron chi connectivity index (χ4n) is 3.12. The van der Waals surface area contributed by atoms with Crippen LogP contribution in [0.15, 0.2) is 28.8 Å². The normalized spacial score (nSPS) is 17.4. The molecular weight excluding hydrogens is 363 g/mol. The molecule has 1 atom stereocenters. The second-order valence-electron chi connectivity index (χ2n) is 7.99. The zero-order valence-corrected chi connectivity index (χ0v) is 16.6. The molecule has 1 fully saturated rings. The molecule has 0 saturated carbocycles. The van der Waals surface area contributed by atoms with Gasteiger partial charge in [0.15, 0.2) is 5.82 Å². The van der Waals surface area contributed by atoms with Gasteiger partial charge in [-0.15, -0.1) is 0 Å². The van der Waals surface area contributed by atoms with Crippen LogP contribution in [0.25, 0.3) is 0 Å². The molecule has 7 nitrogen and oxygen atoms in total. The molecule has 1 unspecified atom stereocenters. The van der Waals surface area contributed by atoms with E-state index in [2.05, 4.69) is 15.5 Å². The van der Waals surface area contributed by atoms with Crippen molar-refractivity contribution >= 4 is 6.03 Å². The molecule has 0 aliphatic carbocycles. The summed E-state index contributed by atoms with van der Waals surface area (Å²) in [4.78, 5) is 18.9. The van der Waals surface area contributed by atoms with Crippen LogP contribution in [0.3, 0.4) is 0 Å². The van der Waals surface area contributed by atoms with Gasteiger partial charge in [0.2, 0.25) is 5.89 Å². The first-order valence-corrected chi connectivity index (χ1v) is 9.61. The number of piperidine rings is 1. The maximum atomic E-state index is 12.9. The highest BCUT2D eigenvalue weighted by atomic mass is 19.1. The van der Waals surface area contributed by atoms with Crippen molar-refractivity contribution < 1.29 is 18.4 Å². The number of carbonyl (C=O) groups excluding carboxylic acids is 1. The van der Waals surface area contributed by atoms with Crippen LogP contribution in [0, 0.1) is 5.82 Å². The Hall–Kier alpha value is -2.64. The van der Waals surface area contributed by atoms with Crippen LogP contribution in [0.4, 0.5) is 9.18 Å². The minimum atomic E-state index is -0.309. The van der Waals surface area contributed by atoms with E-state index in [9.17, 15) is 9.18 Å². The average Bonchev–Trinajstić information content (AvgIpc) is 3.11. The minimum absolute atomic E-state index is 0.114. The molecule has 1 aromatic heterocycles. The van der Waals surface area contributed by atoms with Crippen molar-refractivity contribution in [3.8, 4) is 5.75 Å². The van der Waals surface area contributed by atoms with Gasteiger partial charge in [-0.1, -0.05) is 5.16 Å². The highest BCUT2D eigenvalue weighted by molar-refractivity contribution is 5.75. The number of benzene rings is 1. The molecule has 8 heteroatoms. The molecular formula is C20H27FN4O3. The topological polar surface area (TPSA) is 80.5 Å². The third kappa shape index (κ3) is 5.43. The first kappa shape index (κ1) is 20.1. The number of ether oxygens (including phenoxy) is 1. The molecule has 2 amide bonds. The lowest BCUT2D eigenvalue weighted by Crippen LogP contribution is -2.50. The van der Waals surface area contributed by atoms with Gasteiger partial charge in [-0.05, 0) is 64.3 Å². The number of hydrogen-bond donors (Lipinski definition) is 1. The SMILES string of the molecule is CC(C)(C)NC(=O)N1CCCCC1c1nc(CCOc2ccc(F)cc2)no1. The molecule has 152 valence electrons. The van der Waals surface area contributed by atoms with Crippen molar-refractivity contribution in [2.24, 2.45) is 0 Å². The number of carbonyl (C=O) groups is 1. The van der Waals surface area contributed by atoms with E-state index in [1.54, 1.807) is 17.0 Å². The van der Waals surface area contributed by atoms with Gasteiger partial charge < -0.3 is 19.5 Å². The number of rotatable bonds is 5. The molecule has 1 aliphatic heterocycles. The fraction of sp³-hybridized carbons (Fsp3) is 0.550. The van der Waals surface area contributed by atoms with Gasteiger partial charge in [0.1, 0.15) is 17.6 Å². The predicted molar refractivity (Wildman–Crippen MR) is 101 cm³/mol. The summed E-state index contributed by atoms with van der Waals surface area (Å²) in [6.07, 6.45) is 3.23. The Morgan fingerprint density at radius 3 is 2.79 bits per heavy atom. The summed E-state index contributed by atoms with van der Waals surface area (Å²) in [5.41, 5.74) is -0.309. The summed E-state index contributed by atoms with van der Waals surface area (Å²) < 4.78 is 23.9. The number of nitrogens with zero attached hydrogens (tertiary/aromatic N) is 3. The van der Waals surface area contributed by atoms with E-state index in [1.165, 1.54) is 12.1 Å². The monoisotopic (exact) mass is 390 g/mol. The third-order valence-electron chi connectivity index (χ3n) is 4.42. The van der Waals surface area contributed by atoms with Crippen LogP contribution in [0.1, 0.15) is 57.8 Å². The van der Waals surface area contributed by atoms with Crippen LogP contribution < -0.4 is 10.1 Å². The first-order chi connectivity index (χ1) is 13.3. The second kappa shape index (κ2) is 8.58. The van der Waals surface area contributed by atoms with Gasteiger partial charge >= 0.3 is 6.03 Å². The lowest BCUT2D eigenvalue weighted by atomic mass is 10.0. The van der Waals surface area contributed by atoms with Gasteiger partial charge in [0, 0.05) is 18.5 Å². The molecule has 1 N–H and O–H groups in total. The molecule has 1 aromatic carbocycles. The molecule has 2 aromatic rings. The van der Waals surface area contributed by atoms with Gasteiger partial charge in [-0.2, -0.15) is 4.98 Å². The number of hydrogen-bond acceptors (Lipinski definition) is 5. The van der Waals surface area contributed by atoms with Crippen molar-refractivity contribution in [3.05, 3.63) is 41.8 Å². The van der Waals surface area contributed by atoms with E-state index in [4.69, 9.17) is 9.26 Å². The summed E-state index contributed by atoms with van der Waals surface area (Å²) in [7, 11) is 0. The van der Waals surface area contributed by atoms with Crippen LogP contribution in [-0.4, -0.2) is 39.8 Å². The average molecular weight is 390 g/mol. The molecule has 2 heterocycles. The van der Waals surface area contributed by atoms with Crippen molar-refractivity contribution in [3.63, 3.8) is 0 Å². The minimum Gasteiger partial charge on any atom is -0.493 e. The van der Waals surface area contributed by atoms with E-state index >= 15 is 0 Å². The molecule has 1 saturated heterocycles. The van der Waals surface area contributed by atoms with Crippen molar-refractivity contribution in [2.75, 3.05) is 13.2 Å². The maximum absolute atomic E-state index is 12.9. The number of halogens is 1. The van der Waals surface area contributed by atoms with Crippen molar-refractivity contribution in [1.82, 2.24) is 20.4 Å². The Morgan fingerprint density at radius 2 is 2.07 bits per heavy atom. The van der Waals surface area contributed by atoms with Gasteiger partial charge in [-0.25, -0.2) is 9.18 Å². The maximum Gasteiger partial charge on any atom is 0.318 e. The van der Waals surface area contributed by atoms with Crippen LogP contribution >= 0.6 is 0 Å². The molecule has 0 radical (unpaired) electrons. The molecule has 0 bridgehead atoms. The Labute approximate surface area is 164 Å². The summed E-state index contributed by atoms with van der Waals surface area (Å²) in [6.45, 7) is 6.88. The summed E-state index contributed by atoms with van der Waals surface area (Å²) in [5.74, 6) is 1.27. The second-order valence-corrected chi connectivity index (χ2v) is 7.99. The first-order valence-electron chi connectivity index (χ1n) is 9.61.